The van der Waals surface area contributed by atoms with Crippen LogP contribution in [-0.2, 0) is 0 Å². The maximum Gasteiger partial charge on any atom is 0.00924 e. The predicted octanol–water partition coefficient (Wildman–Crippen LogP) is 1.33. The Hall–Kier alpha value is 0.270. The van der Waals surface area contributed by atoms with Crippen molar-refractivity contribution in [3.8, 4) is 0 Å². The summed E-state index contributed by atoms with van der Waals surface area (Å²) in [6, 6.07) is 0. The van der Waals surface area contributed by atoms with Crippen molar-refractivity contribution in [1.82, 2.24) is 4.31 Å². The first-order valence-corrected chi connectivity index (χ1v) is 5.39. The largest absolute Gasteiger partial charge is 0.330 e. The SMILES string of the molecule is CCSN1CCC(CN)CC1. The molecule has 1 saturated heterocycles. The lowest BCUT2D eigenvalue weighted by molar-refractivity contribution is 0.297. The van der Waals surface area contributed by atoms with Crippen LogP contribution in [0, 0.1) is 5.92 Å². The van der Waals surface area contributed by atoms with E-state index in [4.69, 9.17) is 5.73 Å². The van der Waals surface area contributed by atoms with E-state index in [-0.39, 0.29) is 0 Å². The Morgan fingerprint density at radius 3 is 2.55 bits per heavy atom. The highest BCUT2D eigenvalue weighted by atomic mass is 32.2. The average molecular weight is 174 g/mol. The van der Waals surface area contributed by atoms with Gasteiger partial charge in [0, 0.05) is 18.8 Å². The second-order valence-corrected chi connectivity index (χ2v) is 4.38. The van der Waals surface area contributed by atoms with Crippen LogP contribution in [0.25, 0.3) is 0 Å². The Morgan fingerprint density at radius 1 is 1.45 bits per heavy atom. The molecular formula is C8H18N2S. The minimum absolute atomic E-state index is 0.795. The monoisotopic (exact) mass is 174 g/mol. The molecule has 0 bridgehead atoms. The van der Waals surface area contributed by atoms with Crippen molar-refractivity contribution in [3.63, 3.8) is 0 Å². The predicted molar refractivity (Wildman–Crippen MR) is 51.5 cm³/mol. The minimum atomic E-state index is 0.795. The van der Waals surface area contributed by atoms with E-state index < -0.39 is 0 Å². The molecule has 0 aromatic carbocycles. The zero-order valence-corrected chi connectivity index (χ0v) is 8.07. The van der Waals surface area contributed by atoms with Crippen molar-refractivity contribution in [2.75, 3.05) is 25.4 Å². The van der Waals surface area contributed by atoms with Gasteiger partial charge in [-0.15, -0.1) is 0 Å². The molecule has 0 aromatic rings. The molecule has 0 aliphatic carbocycles. The number of piperidine rings is 1. The Labute approximate surface area is 73.6 Å². The molecule has 2 N–H and O–H groups in total. The van der Waals surface area contributed by atoms with E-state index in [2.05, 4.69) is 11.2 Å². The van der Waals surface area contributed by atoms with Gasteiger partial charge in [-0.3, -0.25) is 4.31 Å². The van der Waals surface area contributed by atoms with Crippen LogP contribution in [-0.4, -0.2) is 29.7 Å². The van der Waals surface area contributed by atoms with Gasteiger partial charge < -0.3 is 5.73 Å². The molecule has 0 unspecified atom stereocenters. The quantitative estimate of drug-likeness (QED) is 0.654. The van der Waals surface area contributed by atoms with Gasteiger partial charge in [-0.25, -0.2) is 0 Å². The molecule has 1 fully saturated rings. The molecule has 11 heavy (non-hydrogen) atoms. The van der Waals surface area contributed by atoms with Crippen molar-refractivity contribution in [2.24, 2.45) is 11.7 Å². The summed E-state index contributed by atoms with van der Waals surface area (Å²) in [5, 5.41) is 0. The highest BCUT2D eigenvalue weighted by Gasteiger charge is 2.17. The van der Waals surface area contributed by atoms with Crippen LogP contribution in [0.15, 0.2) is 0 Å². The Kier molecular flexibility index (Phi) is 4.26. The molecular weight excluding hydrogens is 156 g/mol. The van der Waals surface area contributed by atoms with Gasteiger partial charge in [0.2, 0.25) is 0 Å². The molecule has 3 heteroatoms. The van der Waals surface area contributed by atoms with Crippen LogP contribution < -0.4 is 5.73 Å². The molecule has 1 rings (SSSR count). The lowest BCUT2D eigenvalue weighted by Gasteiger charge is -2.29. The van der Waals surface area contributed by atoms with Crippen LogP contribution in [0.1, 0.15) is 19.8 Å². The third-order valence-electron chi connectivity index (χ3n) is 2.22. The molecule has 2 nitrogen and oxygen atoms in total. The van der Waals surface area contributed by atoms with Crippen LogP contribution in [0.3, 0.4) is 0 Å². The number of hydrogen-bond acceptors (Lipinski definition) is 3. The first-order chi connectivity index (χ1) is 5.36. The normalized spacial score (nSPS) is 22.4. The smallest absolute Gasteiger partial charge is 0.00924 e. The lowest BCUT2D eigenvalue weighted by Crippen LogP contribution is -2.31. The van der Waals surface area contributed by atoms with E-state index in [9.17, 15) is 0 Å². The van der Waals surface area contributed by atoms with Gasteiger partial charge >= 0.3 is 0 Å². The summed E-state index contributed by atoms with van der Waals surface area (Å²) >= 11 is 1.96. The highest BCUT2D eigenvalue weighted by molar-refractivity contribution is 7.96. The molecule has 1 aliphatic rings. The molecule has 0 spiro atoms. The summed E-state index contributed by atoms with van der Waals surface area (Å²) in [4.78, 5) is 0. The standard InChI is InChI=1S/C8H18N2S/c1-2-11-10-5-3-8(7-9)4-6-10/h8H,2-7,9H2,1H3. The third kappa shape index (κ3) is 3.01. The molecule has 1 heterocycles. The maximum absolute atomic E-state index is 5.60. The Bertz CT molecular complexity index is 100. The second-order valence-electron chi connectivity index (χ2n) is 3.03. The van der Waals surface area contributed by atoms with Crippen LogP contribution in [0.2, 0.25) is 0 Å². The van der Waals surface area contributed by atoms with Gasteiger partial charge in [-0.05, 0) is 25.3 Å². The van der Waals surface area contributed by atoms with Crippen LogP contribution in [0.5, 0.6) is 0 Å². The minimum Gasteiger partial charge on any atom is -0.330 e. The van der Waals surface area contributed by atoms with Gasteiger partial charge in [0.15, 0.2) is 0 Å². The fourth-order valence-electron chi connectivity index (χ4n) is 1.46. The fourth-order valence-corrected chi connectivity index (χ4v) is 2.29. The van der Waals surface area contributed by atoms with Gasteiger partial charge in [-0.1, -0.05) is 18.9 Å². The number of hydrogen-bond donors (Lipinski definition) is 1. The second kappa shape index (κ2) is 5.01. The zero-order valence-electron chi connectivity index (χ0n) is 7.25. The van der Waals surface area contributed by atoms with Crippen molar-refractivity contribution >= 4 is 11.9 Å². The van der Waals surface area contributed by atoms with Crippen molar-refractivity contribution in [1.29, 1.82) is 0 Å². The van der Waals surface area contributed by atoms with E-state index in [1.807, 2.05) is 11.9 Å². The molecule has 66 valence electrons. The van der Waals surface area contributed by atoms with Crippen molar-refractivity contribution in [3.05, 3.63) is 0 Å². The lowest BCUT2D eigenvalue weighted by atomic mass is 9.99. The number of nitrogens with two attached hydrogens (primary N) is 1. The topological polar surface area (TPSA) is 29.3 Å². The van der Waals surface area contributed by atoms with Gasteiger partial charge in [0.25, 0.3) is 0 Å². The highest BCUT2D eigenvalue weighted by Crippen LogP contribution is 2.21. The summed E-state index contributed by atoms with van der Waals surface area (Å²) in [5.41, 5.74) is 5.60. The van der Waals surface area contributed by atoms with Crippen LogP contribution >= 0.6 is 11.9 Å². The molecule has 0 aromatic heterocycles. The number of rotatable bonds is 3. The van der Waals surface area contributed by atoms with E-state index in [0.29, 0.717) is 0 Å². The molecule has 0 saturated carbocycles. The van der Waals surface area contributed by atoms with E-state index >= 15 is 0 Å². The fraction of sp³-hybridized carbons (Fsp3) is 1.00. The summed E-state index contributed by atoms with van der Waals surface area (Å²) in [6.07, 6.45) is 2.59. The van der Waals surface area contributed by atoms with E-state index in [0.717, 1.165) is 12.5 Å². The molecule has 0 atom stereocenters. The Balaban J connectivity index is 2.14. The van der Waals surface area contributed by atoms with Gasteiger partial charge in [0.05, 0.1) is 0 Å². The van der Waals surface area contributed by atoms with Crippen LogP contribution in [0.4, 0.5) is 0 Å². The Morgan fingerprint density at radius 2 is 2.09 bits per heavy atom. The maximum atomic E-state index is 5.60. The van der Waals surface area contributed by atoms with E-state index in [1.54, 1.807) is 0 Å². The van der Waals surface area contributed by atoms with E-state index in [1.165, 1.54) is 31.7 Å². The summed E-state index contributed by atoms with van der Waals surface area (Å²) in [7, 11) is 0. The van der Waals surface area contributed by atoms with Gasteiger partial charge in [0.1, 0.15) is 0 Å². The van der Waals surface area contributed by atoms with Crippen molar-refractivity contribution < 1.29 is 0 Å². The first-order valence-electron chi connectivity index (χ1n) is 4.44. The number of nitrogens with zero attached hydrogens (tertiary/aromatic N) is 1. The van der Waals surface area contributed by atoms with Crippen molar-refractivity contribution in [2.45, 2.75) is 19.8 Å². The third-order valence-corrected chi connectivity index (χ3v) is 3.21. The average Bonchev–Trinajstić information content (AvgIpc) is 2.07. The molecule has 0 amide bonds. The van der Waals surface area contributed by atoms with Gasteiger partial charge in [-0.2, -0.15) is 0 Å². The molecule has 1 aliphatic heterocycles. The summed E-state index contributed by atoms with van der Waals surface area (Å²) in [6.45, 7) is 5.56. The summed E-state index contributed by atoms with van der Waals surface area (Å²) in [5.74, 6) is 2.00. The molecule has 0 radical (unpaired) electrons. The first kappa shape index (κ1) is 9.36. The summed E-state index contributed by atoms with van der Waals surface area (Å²) < 4.78 is 2.46. The zero-order chi connectivity index (χ0) is 8.10.